The Labute approximate surface area is 253 Å². The lowest BCUT2D eigenvalue weighted by Crippen LogP contribution is -2.57. The average Bonchev–Trinajstić information content (AvgIpc) is 3.41. The number of nitrogens with zero attached hydrogens (tertiary/aromatic N) is 1. The molecule has 1 aliphatic heterocycles. The Morgan fingerprint density at radius 3 is 2.50 bits per heavy atom. The van der Waals surface area contributed by atoms with Crippen LogP contribution in [0.25, 0.3) is 0 Å². The lowest BCUT2D eigenvalue weighted by molar-refractivity contribution is -0.141. The summed E-state index contributed by atoms with van der Waals surface area (Å²) in [6, 6.07) is 14.8. The van der Waals surface area contributed by atoms with E-state index < -0.39 is 39.8 Å². The lowest BCUT2D eigenvalue weighted by atomic mass is 9.83. The topological polar surface area (TPSA) is 154 Å². The summed E-state index contributed by atoms with van der Waals surface area (Å²) in [7, 11) is -4.17. The fraction of sp³-hybridized carbons (Fsp3) is 0.467. The summed E-state index contributed by atoms with van der Waals surface area (Å²) in [4.78, 5) is 28.2. The highest BCUT2D eigenvalue weighted by Crippen LogP contribution is 2.29. The van der Waals surface area contributed by atoms with Crippen molar-refractivity contribution in [3.8, 4) is 0 Å². The van der Waals surface area contributed by atoms with Gasteiger partial charge < -0.3 is 20.7 Å². The van der Waals surface area contributed by atoms with Crippen molar-refractivity contribution < 1.29 is 26.9 Å². The average molecular weight is 621 g/mol. The number of likely N-dealkylation sites (tertiary alicyclic amines) is 1. The maximum atomic E-state index is 13.9. The number of ether oxygens (including phenoxy) is 1. The van der Waals surface area contributed by atoms with Crippen LogP contribution < -0.4 is 16.2 Å². The zero-order valence-electron chi connectivity index (χ0n) is 24.2. The Bertz CT molecular complexity index is 1340. The minimum atomic E-state index is -4.17. The van der Waals surface area contributed by atoms with E-state index in [-0.39, 0.29) is 25.2 Å². The summed E-state index contributed by atoms with van der Waals surface area (Å²) in [5, 5.41) is 8.46. The van der Waals surface area contributed by atoms with Crippen molar-refractivity contribution in [1.29, 1.82) is 0 Å². The first-order valence-electron chi connectivity index (χ1n) is 13.9. The standard InChI is InChI=1S/C30H41ClN4O6S/c1-21(32)28(36)34-27(22(2)40-19-23-9-5-4-6-10-23)29(37)35-16-8-13-26(35)14-15-30(3,20-41-42(33,38)39)18-24-11-7-12-25(31)17-24/h4-7,9-12,14-15,17,21-22,26-27H,8,13,16,18-20,32H2,1-3H3,(H,34,36)(H2,33,38,39)/t21-,22?,26-,27-,30-/m0/s1. The predicted molar refractivity (Wildman–Crippen MR) is 162 cm³/mol. The molecule has 2 aromatic rings. The van der Waals surface area contributed by atoms with Gasteiger partial charge in [0.2, 0.25) is 11.8 Å². The molecule has 0 spiro atoms. The summed E-state index contributed by atoms with van der Waals surface area (Å²) in [5.41, 5.74) is 6.83. The number of nitrogens with one attached hydrogen (secondary N) is 1. The van der Waals surface area contributed by atoms with Gasteiger partial charge in [0.25, 0.3) is 0 Å². The highest BCUT2D eigenvalue weighted by Gasteiger charge is 2.37. The second-order valence-corrected chi connectivity index (χ2v) is 12.8. The number of rotatable bonds is 14. The quantitative estimate of drug-likeness (QED) is 0.274. The van der Waals surface area contributed by atoms with E-state index in [1.54, 1.807) is 30.9 Å². The fourth-order valence-electron chi connectivity index (χ4n) is 4.84. The minimum absolute atomic E-state index is 0.201. The van der Waals surface area contributed by atoms with Crippen molar-refractivity contribution >= 4 is 33.7 Å². The number of halogens is 1. The van der Waals surface area contributed by atoms with Crippen molar-refractivity contribution in [1.82, 2.24) is 10.2 Å². The van der Waals surface area contributed by atoms with Gasteiger partial charge in [0.1, 0.15) is 6.04 Å². The van der Waals surface area contributed by atoms with Crippen molar-refractivity contribution in [3.63, 3.8) is 0 Å². The van der Waals surface area contributed by atoms with E-state index in [1.807, 2.05) is 61.5 Å². The molecule has 2 amide bonds. The molecule has 230 valence electrons. The lowest BCUT2D eigenvalue weighted by Gasteiger charge is -2.32. The third-order valence-electron chi connectivity index (χ3n) is 7.16. The molecule has 42 heavy (non-hydrogen) atoms. The van der Waals surface area contributed by atoms with E-state index in [1.165, 1.54) is 0 Å². The molecular formula is C30H41ClN4O6S. The van der Waals surface area contributed by atoms with Gasteiger partial charge in [-0.15, -0.1) is 0 Å². The maximum Gasteiger partial charge on any atom is 0.333 e. The number of benzene rings is 2. The minimum Gasteiger partial charge on any atom is -0.371 e. The van der Waals surface area contributed by atoms with Gasteiger partial charge >= 0.3 is 10.3 Å². The van der Waals surface area contributed by atoms with Crippen LogP contribution in [0.15, 0.2) is 66.7 Å². The van der Waals surface area contributed by atoms with Crippen molar-refractivity contribution in [2.75, 3.05) is 13.2 Å². The molecule has 12 heteroatoms. The summed E-state index contributed by atoms with van der Waals surface area (Å²) in [6.07, 6.45) is 4.98. The molecule has 5 atom stereocenters. The monoisotopic (exact) mass is 620 g/mol. The van der Waals surface area contributed by atoms with Crippen LogP contribution in [0.1, 0.15) is 44.7 Å². The molecule has 0 aromatic heterocycles. The molecule has 1 unspecified atom stereocenters. The zero-order chi connectivity index (χ0) is 30.9. The van der Waals surface area contributed by atoms with E-state index in [4.69, 9.17) is 31.4 Å². The number of hydrogen-bond acceptors (Lipinski definition) is 7. The first-order chi connectivity index (χ1) is 19.8. The van der Waals surface area contributed by atoms with Crippen LogP contribution in [-0.4, -0.2) is 62.5 Å². The largest absolute Gasteiger partial charge is 0.371 e. The Hall–Kier alpha value is -2.80. The fourth-order valence-corrected chi connectivity index (χ4v) is 5.49. The van der Waals surface area contributed by atoms with E-state index >= 15 is 0 Å². The number of amides is 2. The second kappa shape index (κ2) is 15.1. The summed E-state index contributed by atoms with van der Waals surface area (Å²) in [5.74, 6) is -0.738. The number of carbonyl (C=O) groups excluding carboxylic acids is 2. The van der Waals surface area contributed by atoms with Crippen LogP contribution in [0.2, 0.25) is 5.02 Å². The van der Waals surface area contributed by atoms with Gasteiger partial charge in [-0.1, -0.05) is 73.1 Å². The van der Waals surface area contributed by atoms with Crippen LogP contribution >= 0.6 is 11.6 Å². The van der Waals surface area contributed by atoms with Gasteiger partial charge in [0.05, 0.1) is 31.4 Å². The van der Waals surface area contributed by atoms with Gasteiger partial charge in [-0.3, -0.25) is 13.8 Å². The van der Waals surface area contributed by atoms with Crippen LogP contribution in [0.4, 0.5) is 0 Å². The molecule has 0 saturated carbocycles. The molecule has 1 aliphatic rings. The normalized spacial score (nSPS) is 19.3. The van der Waals surface area contributed by atoms with Crippen LogP contribution in [0.3, 0.4) is 0 Å². The van der Waals surface area contributed by atoms with Crippen molar-refractivity contribution in [2.24, 2.45) is 16.3 Å². The van der Waals surface area contributed by atoms with Gasteiger partial charge in [-0.2, -0.15) is 8.42 Å². The smallest absolute Gasteiger partial charge is 0.333 e. The summed E-state index contributed by atoms with van der Waals surface area (Å²) in [6.45, 7) is 5.71. The Balaban J connectivity index is 1.81. The van der Waals surface area contributed by atoms with Gasteiger partial charge in [0, 0.05) is 17.0 Å². The molecule has 10 nitrogen and oxygen atoms in total. The molecule has 2 aromatic carbocycles. The molecule has 0 radical (unpaired) electrons. The molecular weight excluding hydrogens is 580 g/mol. The van der Waals surface area contributed by atoms with Crippen LogP contribution in [-0.2, 0) is 41.8 Å². The Kier molecular flexibility index (Phi) is 12.1. The third kappa shape index (κ3) is 10.5. The summed E-state index contributed by atoms with van der Waals surface area (Å²) >= 11 is 6.17. The molecule has 1 fully saturated rings. The van der Waals surface area contributed by atoms with E-state index in [2.05, 4.69) is 5.32 Å². The van der Waals surface area contributed by atoms with Crippen molar-refractivity contribution in [2.45, 2.75) is 70.9 Å². The highest BCUT2D eigenvalue weighted by atomic mass is 35.5. The number of hydrogen-bond donors (Lipinski definition) is 3. The van der Waals surface area contributed by atoms with Gasteiger partial charge in [0.15, 0.2) is 0 Å². The Morgan fingerprint density at radius 1 is 1.17 bits per heavy atom. The molecule has 0 bridgehead atoms. The van der Waals surface area contributed by atoms with Crippen LogP contribution in [0, 0.1) is 5.41 Å². The maximum absolute atomic E-state index is 13.9. The zero-order valence-corrected chi connectivity index (χ0v) is 25.8. The third-order valence-corrected chi connectivity index (χ3v) is 7.84. The van der Waals surface area contributed by atoms with Gasteiger partial charge in [-0.25, -0.2) is 5.14 Å². The SMILES string of the molecule is CC(OCc1ccccc1)[C@H](NC(=O)[C@H](C)N)C(=O)N1CCC[C@H]1C=C[C@](C)(COS(N)(=O)=O)Cc1cccc(Cl)c1. The molecule has 5 N–H and O–H groups in total. The predicted octanol–water partition coefficient (Wildman–Crippen LogP) is 3.09. The summed E-state index contributed by atoms with van der Waals surface area (Å²) < 4.78 is 34.2. The molecule has 0 aliphatic carbocycles. The van der Waals surface area contributed by atoms with Gasteiger partial charge in [-0.05, 0) is 56.4 Å². The Morgan fingerprint density at radius 2 is 1.86 bits per heavy atom. The molecule has 1 saturated heterocycles. The number of carbonyl (C=O) groups is 2. The van der Waals surface area contributed by atoms with E-state index in [0.29, 0.717) is 24.4 Å². The van der Waals surface area contributed by atoms with E-state index in [0.717, 1.165) is 17.5 Å². The number of nitrogens with two attached hydrogens (primary N) is 2. The van der Waals surface area contributed by atoms with Crippen LogP contribution in [0.5, 0.6) is 0 Å². The first-order valence-corrected chi connectivity index (χ1v) is 15.7. The molecule has 3 rings (SSSR count). The van der Waals surface area contributed by atoms with E-state index in [9.17, 15) is 18.0 Å². The highest BCUT2D eigenvalue weighted by molar-refractivity contribution is 7.84. The molecule has 1 heterocycles. The van der Waals surface area contributed by atoms with Crippen molar-refractivity contribution in [3.05, 3.63) is 82.9 Å². The second-order valence-electron chi connectivity index (χ2n) is 11.1. The first kappa shape index (κ1) is 33.7.